The number of hydrazine groups is 1. The van der Waals surface area contributed by atoms with Crippen molar-refractivity contribution < 1.29 is 4.79 Å². The maximum absolute atomic E-state index is 12.1. The zero-order valence-corrected chi connectivity index (χ0v) is 10.6. The maximum Gasteiger partial charge on any atom is 0.272 e. The van der Waals surface area contributed by atoms with E-state index in [4.69, 9.17) is 5.84 Å². The Morgan fingerprint density at radius 1 is 1.32 bits per heavy atom. The lowest BCUT2D eigenvalue weighted by atomic mass is 10.2. The Morgan fingerprint density at radius 2 is 2.05 bits per heavy atom. The van der Waals surface area contributed by atoms with E-state index in [0.29, 0.717) is 17.9 Å². The molecule has 0 aliphatic rings. The third-order valence-electron chi connectivity index (χ3n) is 2.67. The molecule has 3 N–H and O–H groups in total. The molecule has 0 saturated carbocycles. The van der Waals surface area contributed by atoms with Crippen LogP contribution in [-0.4, -0.2) is 27.8 Å². The van der Waals surface area contributed by atoms with Gasteiger partial charge < -0.3 is 10.3 Å². The number of nitrogens with two attached hydrogens (primary N) is 1. The van der Waals surface area contributed by atoms with Gasteiger partial charge in [0.15, 0.2) is 0 Å². The van der Waals surface area contributed by atoms with Crippen LogP contribution in [0.1, 0.15) is 16.1 Å². The molecular weight excluding hydrogens is 242 g/mol. The van der Waals surface area contributed by atoms with E-state index >= 15 is 0 Å². The van der Waals surface area contributed by atoms with Crippen molar-refractivity contribution in [3.8, 4) is 0 Å². The molecule has 0 unspecified atom stereocenters. The Hall–Kier alpha value is -2.47. The number of anilines is 1. The first-order valence-corrected chi connectivity index (χ1v) is 5.77. The highest BCUT2D eigenvalue weighted by Crippen LogP contribution is 2.08. The molecule has 0 bridgehead atoms. The fourth-order valence-electron chi connectivity index (χ4n) is 1.64. The van der Waals surface area contributed by atoms with Crippen LogP contribution < -0.4 is 11.3 Å². The minimum absolute atomic E-state index is 0.139. The number of nitrogens with zero attached hydrogens (tertiary/aromatic N) is 3. The van der Waals surface area contributed by atoms with Gasteiger partial charge in [-0.2, -0.15) is 0 Å². The lowest BCUT2D eigenvalue weighted by Gasteiger charge is -2.16. The number of carbonyl (C=O) groups is 1. The Bertz CT molecular complexity index is 541. The predicted octanol–water partition coefficient (Wildman–Crippen LogP) is 1.03. The SMILES string of the molecule is CN(Cc1ccncc1)C(=O)c1ccc(NN)cn1. The number of carbonyl (C=O) groups excluding carboxylic acids is 1. The summed E-state index contributed by atoms with van der Waals surface area (Å²) in [4.78, 5) is 21.8. The molecule has 2 heterocycles. The monoisotopic (exact) mass is 257 g/mol. The fourth-order valence-corrected chi connectivity index (χ4v) is 1.64. The summed E-state index contributed by atoms with van der Waals surface area (Å²) in [6.45, 7) is 0.514. The summed E-state index contributed by atoms with van der Waals surface area (Å²) in [6.07, 6.45) is 4.93. The van der Waals surface area contributed by atoms with E-state index in [1.807, 2.05) is 12.1 Å². The van der Waals surface area contributed by atoms with Crippen molar-refractivity contribution in [2.45, 2.75) is 6.54 Å². The molecule has 19 heavy (non-hydrogen) atoms. The molecule has 2 rings (SSSR count). The van der Waals surface area contributed by atoms with E-state index in [0.717, 1.165) is 5.56 Å². The zero-order chi connectivity index (χ0) is 13.7. The van der Waals surface area contributed by atoms with E-state index in [9.17, 15) is 4.79 Å². The Morgan fingerprint density at radius 3 is 2.63 bits per heavy atom. The molecular formula is C13H15N5O. The van der Waals surface area contributed by atoms with Gasteiger partial charge in [0.1, 0.15) is 5.69 Å². The van der Waals surface area contributed by atoms with Gasteiger partial charge in [-0.05, 0) is 29.8 Å². The highest BCUT2D eigenvalue weighted by molar-refractivity contribution is 5.92. The van der Waals surface area contributed by atoms with E-state index < -0.39 is 0 Å². The highest BCUT2D eigenvalue weighted by atomic mass is 16.2. The Kier molecular flexibility index (Phi) is 4.04. The lowest BCUT2D eigenvalue weighted by Crippen LogP contribution is -2.27. The number of hydrogen-bond acceptors (Lipinski definition) is 5. The molecule has 0 saturated heterocycles. The number of hydrogen-bond donors (Lipinski definition) is 2. The predicted molar refractivity (Wildman–Crippen MR) is 72.1 cm³/mol. The molecule has 0 radical (unpaired) electrons. The number of amides is 1. The molecule has 0 aliphatic heterocycles. The first-order valence-electron chi connectivity index (χ1n) is 5.77. The van der Waals surface area contributed by atoms with Crippen LogP contribution in [0.5, 0.6) is 0 Å². The average Bonchev–Trinajstić information content (AvgIpc) is 2.47. The summed E-state index contributed by atoms with van der Waals surface area (Å²) in [5.41, 5.74) is 4.53. The van der Waals surface area contributed by atoms with Crippen LogP contribution in [0.15, 0.2) is 42.9 Å². The molecule has 0 aromatic carbocycles. The number of rotatable bonds is 4. The van der Waals surface area contributed by atoms with Crippen LogP contribution in [0.2, 0.25) is 0 Å². The summed E-state index contributed by atoms with van der Waals surface area (Å²) in [5, 5.41) is 0. The van der Waals surface area contributed by atoms with Gasteiger partial charge in [-0.15, -0.1) is 0 Å². The van der Waals surface area contributed by atoms with Gasteiger partial charge in [0, 0.05) is 26.0 Å². The van der Waals surface area contributed by atoms with Gasteiger partial charge in [-0.25, -0.2) is 4.98 Å². The molecule has 2 aromatic heterocycles. The van der Waals surface area contributed by atoms with E-state index in [2.05, 4.69) is 15.4 Å². The minimum Gasteiger partial charge on any atom is -0.336 e. The van der Waals surface area contributed by atoms with Crippen molar-refractivity contribution in [2.24, 2.45) is 5.84 Å². The van der Waals surface area contributed by atoms with E-state index in [1.54, 1.807) is 36.5 Å². The second kappa shape index (κ2) is 5.92. The van der Waals surface area contributed by atoms with Crippen molar-refractivity contribution in [3.63, 3.8) is 0 Å². The first kappa shape index (κ1) is 13.0. The number of nitrogen functional groups attached to an aromatic ring is 1. The minimum atomic E-state index is -0.139. The molecule has 0 fully saturated rings. The summed E-state index contributed by atoms with van der Waals surface area (Å²) < 4.78 is 0. The Balaban J connectivity index is 2.06. The normalized spacial score (nSPS) is 10.0. The molecule has 6 heteroatoms. The van der Waals surface area contributed by atoms with Gasteiger partial charge in [0.05, 0.1) is 11.9 Å². The van der Waals surface area contributed by atoms with E-state index in [-0.39, 0.29) is 5.91 Å². The molecule has 0 aliphatic carbocycles. The molecule has 0 atom stereocenters. The molecule has 98 valence electrons. The van der Waals surface area contributed by atoms with Crippen molar-refractivity contribution in [2.75, 3.05) is 12.5 Å². The van der Waals surface area contributed by atoms with Crippen molar-refractivity contribution in [3.05, 3.63) is 54.1 Å². The van der Waals surface area contributed by atoms with Crippen molar-refractivity contribution in [1.29, 1.82) is 0 Å². The van der Waals surface area contributed by atoms with Crippen LogP contribution in [0.3, 0.4) is 0 Å². The van der Waals surface area contributed by atoms with Gasteiger partial charge in [0.25, 0.3) is 5.91 Å². The van der Waals surface area contributed by atoms with Crippen LogP contribution in [0.4, 0.5) is 5.69 Å². The first-order chi connectivity index (χ1) is 9.20. The second-order valence-corrected chi connectivity index (χ2v) is 4.09. The fraction of sp³-hybridized carbons (Fsp3) is 0.154. The summed E-state index contributed by atoms with van der Waals surface area (Å²) in [6, 6.07) is 7.10. The zero-order valence-electron chi connectivity index (χ0n) is 10.6. The summed E-state index contributed by atoms with van der Waals surface area (Å²) >= 11 is 0. The summed E-state index contributed by atoms with van der Waals surface area (Å²) in [7, 11) is 1.74. The second-order valence-electron chi connectivity index (χ2n) is 4.09. The van der Waals surface area contributed by atoms with Gasteiger partial charge in [-0.3, -0.25) is 15.6 Å². The topological polar surface area (TPSA) is 84.1 Å². The van der Waals surface area contributed by atoms with E-state index in [1.165, 1.54) is 6.20 Å². The number of pyridine rings is 2. The van der Waals surface area contributed by atoms with Crippen LogP contribution in [-0.2, 0) is 6.54 Å². The van der Waals surface area contributed by atoms with Gasteiger partial charge in [-0.1, -0.05) is 0 Å². The number of nitrogens with one attached hydrogen (secondary N) is 1. The summed E-state index contributed by atoms with van der Waals surface area (Å²) in [5.74, 6) is 5.11. The largest absolute Gasteiger partial charge is 0.336 e. The molecule has 0 spiro atoms. The maximum atomic E-state index is 12.1. The van der Waals surface area contributed by atoms with Crippen molar-refractivity contribution >= 4 is 11.6 Å². The number of aromatic nitrogens is 2. The van der Waals surface area contributed by atoms with Gasteiger partial charge >= 0.3 is 0 Å². The molecule has 6 nitrogen and oxygen atoms in total. The standard InChI is InChI=1S/C13H15N5O/c1-18(9-10-4-6-15-7-5-10)13(19)12-3-2-11(17-14)8-16-12/h2-8,17H,9,14H2,1H3. The average molecular weight is 257 g/mol. The molecule has 1 amide bonds. The van der Waals surface area contributed by atoms with Crippen molar-refractivity contribution in [1.82, 2.24) is 14.9 Å². The highest BCUT2D eigenvalue weighted by Gasteiger charge is 2.13. The Labute approximate surface area is 111 Å². The third kappa shape index (κ3) is 3.26. The van der Waals surface area contributed by atoms with Crippen LogP contribution in [0.25, 0.3) is 0 Å². The smallest absolute Gasteiger partial charge is 0.272 e. The molecule has 2 aromatic rings. The van der Waals surface area contributed by atoms with Gasteiger partial charge in [0.2, 0.25) is 0 Å². The third-order valence-corrected chi connectivity index (χ3v) is 2.67. The van der Waals surface area contributed by atoms with Crippen LogP contribution in [0, 0.1) is 0 Å². The van der Waals surface area contributed by atoms with Crippen LogP contribution >= 0.6 is 0 Å². The quantitative estimate of drug-likeness (QED) is 0.631. The lowest BCUT2D eigenvalue weighted by molar-refractivity contribution is 0.0779.